The van der Waals surface area contributed by atoms with Gasteiger partial charge in [-0.15, -0.1) is 0 Å². The fraction of sp³-hybridized carbons (Fsp3) is 0.412. The van der Waals surface area contributed by atoms with E-state index in [1.54, 1.807) is 25.1 Å². The number of ether oxygens (including phenoxy) is 1. The molecule has 1 aliphatic rings. The summed E-state index contributed by atoms with van der Waals surface area (Å²) in [7, 11) is 0. The van der Waals surface area contributed by atoms with Crippen LogP contribution in [0.1, 0.15) is 32.8 Å². The minimum Gasteiger partial charge on any atom is -0.460 e. The molecule has 112 valence electrons. The second kappa shape index (κ2) is 5.64. The highest BCUT2D eigenvalue weighted by Crippen LogP contribution is 2.65. The highest BCUT2D eigenvalue weighted by atomic mass is 35.5. The first kappa shape index (κ1) is 15.8. The molecular weight excluding hydrogens is 288 g/mol. The fourth-order valence-corrected chi connectivity index (χ4v) is 2.71. The van der Waals surface area contributed by atoms with Crippen LogP contribution in [0.25, 0.3) is 0 Å². The Hall–Kier alpha value is -1.61. The number of allylic oxidation sites excluding steroid dienone is 1. The Balaban J connectivity index is 2.08. The lowest BCUT2D eigenvalue weighted by atomic mass is 9.93. The summed E-state index contributed by atoms with van der Waals surface area (Å²) in [4.78, 5) is 23.2. The van der Waals surface area contributed by atoms with E-state index < -0.39 is 5.41 Å². The van der Waals surface area contributed by atoms with Crippen LogP contribution in [0.4, 0.5) is 0 Å². The van der Waals surface area contributed by atoms with Gasteiger partial charge in [-0.1, -0.05) is 43.7 Å². The lowest BCUT2D eigenvalue weighted by Gasteiger charge is -2.16. The van der Waals surface area contributed by atoms with Crippen LogP contribution in [-0.2, 0) is 20.9 Å². The number of hydrogen-bond donors (Lipinski definition) is 0. The van der Waals surface area contributed by atoms with Crippen molar-refractivity contribution in [1.82, 2.24) is 0 Å². The van der Waals surface area contributed by atoms with E-state index in [0.717, 1.165) is 11.8 Å². The molecule has 1 aromatic carbocycles. The fourth-order valence-electron chi connectivity index (χ4n) is 2.59. The zero-order valence-electron chi connectivity index (χ0n) is 12.5. The van der Waals surface area contributed by atoms with Crippen molar-refractivity contribution in [3.63, 3.8) is 0 Å². The molecule has 0 aromatic heterocycles. The zero-order chi connectivity index (χ0) is 15.7. The van der Waals surface area contributed by atoms with Crippen LogP contribution in [0.5, 0.6) is 0 Å². The first-order valence-corrected chi connectivity index (χ1v) is 7.25. The number of carbonyl (C=O) groups excluding carboxylic acids is 2. The molecule has 1 aromatic rings. The molecule has 0 saturated heterocycles. The molecule has 1 fully saturated rings. The summed E-state index contributed by atoms with van der Waals surface area (Å²) < 4.78 is 5.43. The number of carbonyl (C=O) groups is 2. The first-order valence-electron chi connectivity index (χ1n) is 6.87. The van der Waals surface area contributed by atoms with Crippen molar-refractivity contribution in [2.24, 2.45) is 10.8 Å². The highest BCUT2D eigenvalue weighted by molar-refractivity contribution is 6.30. The van der Waals surface area contributed by atoms with E-state index in [1.165, 1.54) is 0 Å². The van der Waals surface area contributed by atoms with E-state index in [9.17, 15) is 9.59 Å². The molecule has 0 heterocycles. The summed E-state index contributed by atoms with van der Waals surface area (Å²) in [6, 6.07) is 7.18. The predicted octanol–water partition coefficient (Wildman–Crippen LogP) is 3.94. The molecule has 3 nitrogen and oxygen atoms in total. The second-order valence-corrected chi connectivity index (χ2v) is 6.68. The summed E-state index contributed by atoms with van der Waals surface area (Å²) in [5, 5.41) is 0.648. The number of halogens is 1. The molecule has 2 rings (SSSR count). The monoisotopic (exact) mass is 306 g/mol. The van der Waals surface area contributed by atoms with Crippen molar-refractivity contribution in [3.05, 3.63) is 46.5 Å². The van der Waals surface area contributed by atoms with Gasteiger partial charge < -0.3 is 4.74 Å². The van der Waals surface area contributed by atoms with E-state index in [4.69, 9.17) is 16.3 Å². The van der Waals surface area contributed by atoms with E-state index in [2.05, 4.69) is 0 Å². The molecule has 0 aliphatic heterocycles. The smallest absolute Gasteiger partial charge is 0.316 e. The third kappa shape index (κ3) is 3.18. The molecule has 0 radical (unpaired) electrons. The average Bonchev–Trinajstić information content (AvgIpc) is 3.00. The van der Waals surface area contributed by atoms with Crippen LogP contribution in [0, 0.1) is 10.8 Å². The maximum absolute atomic E-state index is 12.4. The largest absolute Gasteiger partial charge is 0.460 e. The summed E-state index contributed by atoms with van der Waals surface area (Å²) in [6.07, 6.45) is 3.21. The molecule has 0 amide bonds. The number of aldehydes is 1. The maximum atomic E-state index is 12.4. The van der Waals surface area contributed by atoms with Gasteiger partial charge in [0, 0.05) is 5.02 Å². The van der Waals surface area contributed by atoms with Gasteiger partial charge >= 0.3 is 5.97 Å². The molecular formula is C17H19ClO3. The van der Waals surface area contributed by atoms with Crippen LogP contribution in [-0.4, -0.2) is 12.3 Å². The quantitative estimate of drug-likeness (QED) is 0.470. The van der Waals surface area contributed by atoms with Gasteiger partial charge in [-0.3, -0.25) is 9.59 Å². The molecule has 1 atom stereocenters. The van der Waals surface area contributed by atoms with Crippen LogP contribution in [0.2, 0.25) is 5.02 Å². The number of hydrogen-bond acceptors (Lipinski definition) is 3. The average molecular weight is 307 g/mol. The van der Waals surface area contributed by atoms with Crippen LogP contribution >= 0.6 is 11.6 Å². The number of benzene rings is 1. The Labute approximate surface area is 129 Å². The van der Waals surface area contributed by atoms with Crippen LogP contribution < -0.4 is 0 Å². The molecule has 1 unspecified atom stereocenters. The third-order valence-electron chi connectivity index (χ3n) is 4.11. The maximum Gasteiger partial charge on any atom is 0.316 e. The van der Waals surface area contributed by atoms with Crippen LogP contribution in [0.15, 0.2) is 35.9 Å². The minimum absolute atomic E-state index is 0.172. The lowest BCUT2D eigenvalue weighted by Crippen LogP contribution is -2.22. The Morgan fingerprint density at radius 1 is 1.33 bits per heavy atom. The first-order chi connectivity index (χ1) is 9.80. The molecule has 0 bridgehead atoms. The predicted molar refractivity (Wildman–Crippen MR) is 81.9 cm³/mol. The molecule has 21 heavy (non-hydrogen) atoms. The third-order valence-corrected chi connectivity index (χ3v) is 4.36. The van der Waals surface area contributed by atoms with Gasteiger partial charge in [0.2, 0.25) is 0 Å². The molecule has 1 saturated carbocycles. The van der Waals surface area contributed by atoms with Gasteiger partial charge in [-0.25, -0.2) is 0 Å². The SMILES string of the molecule is CC(C=O)=CC1(C(=O)OCc2ccc(Cl)cc2)CC1(C)C. The Kier molecular flexibility index (Phi) is 4.24. The normalized spacial score (nSPS) is 23.5. The van der Waals surface area contributed by atoms with Crippen molar-refractivity contribution in [1.29, 1.82) is 0 Å². The molecule has 1 aliphatic carbocycles. The lowest BCUT2D eigenvalue weighted by molar-refractivity contribution is -0.150. The van der Waals surface area contributed by atoms with Gasteiger partial charge in [0.1, 0.15) is 12.9 Å². The molecule has 4 heteroatoms. The van der Waals surface area contributed by atoms with Gasteiger partial charge in [0.25, 0.3) is 0 Å². The van der Waals surface area contributed by atoms with Crippen molar-refractivity contribution in [2.45, 2.75) is 33.8 Å². The highest BCUT2D eigenvalue weighted by Gasteiger charge is 2.66. The standard InChI is InChI=1S/C17H19ClO3/c1-12(9-19)8-17(11-16(17,2)3)15(20)21-10-13-4-6-14(18)7-5-13/h4-9H,10-11H2,1-3H3. The summed E-state index contributed by atoms with van der Waals surface area (Å²) in [5.74, 6) is -0.274. The van der Waals surface area contributed by atoms with Crippen LogP contribution in [0.3, 0.4) is 0 Å². The van der Waals surface area contributed by atoms with E-state index >= 15 is 0 Å². The summed E-state index contributed by atoms with van der Waals surface area (Å²) >= 11 is 5.82. The Morgan fingerprint density at radius 2 is 1.90 bits per heavy atom. The summed E-state index contributed by atoms with van der Waals surface area (Å²) in [5.41, 5.74) is 0.597. The van der Waals surface area contributed by atoms with Gasteiger partial charge in [0.15, 0.2) is 0 Å². The van der Waals surface area contributed by atoms with E-state index in [1.807, 2.05) is 26.0 Å². The number of rotatable bonds is 5. The van der Waals surface area contributed by atoms with Crippen molar-refractivity contribution in [3.8, 4) is 0 Å². The molecule has 0 N–H and O–H groups in total. The van der Waals surface area contributed by atoms with Gasteiger partial charge in [0.05, 0.1) is 5.41 Å². The van der Waals surface area contributed by atoms with Gasteiger partial charge in [-0.05, 0) is 42.0 Å². The number of esters is 1. The van der Waals surface area contributed by atoms with E-state index in [-0.39, 0.29) is 18.0 Å². The van der Waals surface area contributed by atoms with Crippen molar-refractivity contribution < 1.29 is 14.3 Å². The Morgan fingerprint density at radius 3 is 2.38 bits per heavy atom. The van der Waals surface area contributed by atoms with E-state index in [0.29, 0.717) is 17.0 Å². The second-order valence-electron chi connectivity index (χ2n) is 6.24. The van der Waals surface area contributed by atoms with Crippen molar-refractivity contribution in [2.75, 3.05) is 0 Å². The summed E-state index contributed by atoms with van der Waals surface area (Å²) in [6.45, 7) is 5.92. The van der Waals surface area contributed by atoms with Crippen molar-refractivity contribution >= 4 is 23.9 Å². The Bertz CT molecular complexity index is 587. The molecule has 0 spiro atoms. The van der Waals surface area contributed by atoms with Gasteiger partial charge in [-0.2, -0.15) is 0 Å². The minimum atomic E-state index is -0.676. The topological polar surface area (TPSA) is 43.4 Å². The zero-order valence-corrected chi connectivity index (χ0v) is 13.2.